The molecule has 2 rings (SSSR count). The highest BCUT2D eigenvalue weighted by molar-refractivity contribution is 6.30. The van der Waals surface area contributed by atoms with Gasteiger partial charge in [0, 0.05) is 6.20 Å². The lowest BCUT2D eigenvalue weighted by Gasteiger charge is -1.89. The number of rotatable bonds is 2. The fourth-order valence-electron chi connectivity index (χ4n) is 1.20. The lowest BCUT2D eigenvalue weighted by Crippen LogP contribution is -1.98. The number of pyridine rings is 1. The third-order valence-electron chi connectivity index (χ3n) is 1.75. The number of carbonyl (C=O) groups is 1. The quantitative estimate of drug-likeness (QED) is 0.754. The zero-order valence-corrected chi connectivity index (χ0v) is 8.32. The van der Waals surface area contributed by atoms with Crippen LogP contribution < -0.4 is 0 Å². The van der Waals surface area contributed by atoms with E-state index in [1.54, 1.807) is 22.8 Å². The zero-order valence-electron chi connectivity index (χ0n) is 7.57. The number of hydrogen-bond acceptors (Lipinski definition) is 3. The summed E-state index contributed by atoms with van der Waals surface area (Å²) in [6, 6.07) is 3.50. The van der Waals surface area contributed by atoms with Crippen LogP contribution in [0.4, 0.5) is 0 Å². The van der Waals surface area contributed by atoms with Crippen LogP contribution >= 0.6 is 11.6 Å². The largest absolute Gasteiger partial charge is 0.300 e. The summed E-state index contributed by atoms with van der Waals surface area (Å²) in [5.41, 5.74) is 0.700. The van der Waals surface area contributed by atoms with E-state index in [2.05, 4.69) is 10.1 Å². The number of aromatic nitrogens is 3. The van der Waals surface area contributed by atoms with Crippen LogP contribution in [0.3, 0.4) is 0 Å². The standard InChI is InChI=1S/C9H8ClN3O/c1-6(14)4-8-11-9-3-2-7(10)5-13(9)12-8/h2-3,5H,4H2,1H3. The van der Waals surface area contributed by atoms with Crippen LogP contribution in [-0.4, -0.2) is 20.4 Å². The number of halogens is 1. The van der Waals surface area contributed by atoms with Gasteiger partial charge in [0.25, 0.3) is 0 Å². The fourth-order valence-corrected chi connectivity index (χ4v) is 1.36. The lowest BCUT2D eigenvalue weighted by molar-refractivity contribution is -0.116. The molecule has 2 aromatic rings. The van der Waals surface area contributed by atoms with E-state index in [4.69, 9.17) is 11.6 Å². The summed E-state index contributed by atoms with van der Waals surface area (Å²) in [6.07, 6.45) is 1.92. The van der Waals surface area contributed by atoms with E-state index < -0.39 is 0 Å². The summed E-state index contributed by atoms with van der Waals surface area (Å²) in [6.45, 7) is 1.51. The molecule has 0 radical (unpaired) electrons. The van der Waals surface area contributed by atoms with Gasteiger partial charge in [0.15, 0.2) is 11.5 Å². The Morgan fingerprint density at radius 3 is 3.07 bits per heavy atom. The number of Topliss-reactive ketones (excluding diaryl/α,β-unsaturated/α-hetero) is 1. The van der Waals surface area contributed by atoms with Crippen molar-refractivity contribution in [2.24, 2.45) is 0 Å². The second-order valence-electron chi connectivity index (χ2n) is 3.06. The van der Waals surface area contributed by atoms with E-state index in [0.717, 1.165) is 0 Å². The van der Waals surface area contributed by atoms with Crippen molar-refractivity contribution in [2.45, 2.75) is 13.3 Å². The third kappa shape index (κ3) is 1.75. The second-order valence-corrected chi connectivity index (χ2v) is 3.49. The Balaban J connectivity index is 2.46. The molecule has 4 nitrogen and oxygen atoms in total. The first-order valence-corrected chi connectivity index (χ1v) is 4.53. The molecule has 0 aliphatic rings. The van der Waals surface area contributed by atoms with Crippen LogP contribution in [0.2, 0.25) is 5.02 Å². The van der Waals surface area contributed by atoms with Crippen molar-refractivity contribution in [2.75, 3.05) is 0 Å². The molecule has 0 N–H and O–H groups in total. The van der Waals surface area contributed by atoms with Gasteiger partial charge in [-0.2, -0.15) is 5.10 Å². The maximum atomic E-state index is 10.8. The molecule has 0 saturated heterocycles. The van der Waals surface area contributed by atoms with Gasteiger partial charge in [-0.05, 0) is 19.1 Å². The molecule has 0 aromatic carbocycles. The molecule has 2 heterocycles. The molecule has 0 amide bonds. The van der Waals surface area contributed by atoms with Gasteiger partial charge in [-0.1, -0.05) is 11.6 Å². The minimum absolute atomic E-state index is 0.0482. The van der Waals surface area contributed by atoms with Crippen LogP contribution in [0.5, 0.6) is 0 Å². The molecule has 0 aliphatic heterocycles. The maximum Gasteiger partial charge on any atom is 0.159 e. The molecule has 0 spiro atoms. The molecule has 0 unspecified atom stereocenters. The number of nitrogens with zero attached hydrogens (tertiary/aromatic N) is 3. The molecule has 0 bridgehead atoms. The van der Waals surface area contributed by atoms with Crippen molar-refractivity contribution in [3.05, 3.63) is 29.2 Å². The predicted octanol–water partition coefficient (Wildman–Crippen LogP) is 1.51. The van der Waals surface area contributed by atoms with Crippen LogP contribution in [0, 0.1) is 0 Å². The Hall–Kier alpha value is -1.42. The Bertz CT molecular complexity index is 492. The smallest absolute Gasteiger partial charge is 0.159 e. The van der Waals surface area contributed by atoms with E-state index in [-0.39, 0.29) is 12.2 Å². The maximum absolute atomic E-state index is 10.8. The first-order chi connectivity index (χ1) is 6.65. The summed E-state index contributed by atoms with van der Waals surface area (Å²) in [5, 5.41) is 4.71. The summed E-state index contributed by atoms with van der Waals surface area (Å²) in [7, 11) is 0. The molecular formula is C9H8ClN3O. The SMILES string of the molecule is CC(=O)Cc1nc2ccc(Cl)cn2n1. The van der Waals surface area contributed by atoms with Gasteiger partial charge in [0.05, 0.1) is 11.4 Å². The molecule has 5 heteroatoms. The van der Waals surface area contributed by atoms with Gasteiger partial charge in [-0.15, -0.1) is 0 Å². The van der Waals surface area contributed by atoms with Crippen LogP contribution in [0.15, 0.2) is 18.3 Å². The molecule has 0 atom stereocenters. The Kier molecular flexibility index (Phi) is 2.21. The van der Waals surface area contributed by atoms with E-state index in [1.807, 2.05) is 0 Å². The van der Waals surface area contributed by atoms with Crippen molar-refractivity contribution in [3.8, 4) is 0 Å². The first kappa shape index (κ1) is 9.15. The van der Waals surface area contributed by atoms with E-state index in [0.29, 0.717) is 16.5 Å². The summed E-state index contributed by atoms with van der Waals surface area (Å²) in [5.74, 6) is 0.576. The minimum Gasteiger partial charge on any atom is -0.300 e. The first-order valence-electron chi connectivity index (χ1n) is 4.15. The van der Waals surface area contributed by atoms with Crippen LogP contribution in [0.1, 0.15) is 12.7 Å². The number of ketones is 1. The number of carbonyl (C=O) groups excluding carboxylic acids is 1. The average molecular weight is 210 g/mol. The predicted molar refractivity (Wildman–Crippen MR) is 52.4 cm³/mol. The van der Waals surface area contributed by atoms with Gasteiger partial charge < -0.3 is 0 Å². The highest BCUT2D eigenvalue weighted by atomic mass is 35.5. The summed E-state index contributed by atoms with van der Waals surface area (Å²) < 4.78 is 1.57. The zero-order chi connectivity index (χ0) is 10.1. The third-order valence-corrected chi connectivity index (χ3v) is 1.97. The average Bonchev–Trinajstić information content (AvgIpc) is 2.44. The highest BCUT2D eigenvalue weighted by Gasteiger charge is 2.05. The van der Waals surface area contributed by atoms with Crippen molar-refractivity contribution < 1.29 is 4.79 Å². The molecule has 2 aromatic heterocycles. The van der Waals surface area contributed by atoms with Gasteiger partial charge in [-0.3, -0.25) is 4.79 Å². The van der Waals surface area contributed by atoms with Crippen LogP contribution in [0.25, 0.3) is 5.65 Å². The molecule has 72 valence electrons. The molecule has 14 heavy (non-hydrogen) atoms. The molecule has 0 aliphatic carbocycles. The molecule has 0 saturated carbocycles. The van der Waals surface area contributed by atoms with Crippen molar-refractivity contribution in [1.82, 2.24) is 14.6 Å². The highest BCUT2D eigenvalue weighted by Crippen LogP contribution is 2.09. The van der Waals surface area contributed by atoms with Gasteiger partial charge >= 0.3 is 0 Å². The van der Waals surface area contributed by atoms with E-state index in [9.17, 15) is 4.79 Å². The number of hydrogen-bond donors (Lipinski definition) is 0. The topological polar surface area (TPSA) is 47.3 Å². The minimum atomic E-state index is 0.0482. The van der Waals surface area contributed by atoms with Gasteiger partial charge in [0.1, 0.15) is 5.78 Å². The van der Waals surface area contributed by atoms with Crippen molar-refractivity contribution >= 4 is 23.0 Å². The monoisotopic (exact) mass is 209 g/mol. The molecule has 0 fully saturated rings. The van der Waals surface area contributed by atoms with E-state index in [1.165, 1.54) is 6.92 Å². The number of fused-ring (bicyclic) bond motifs is 1. The summed E-state index contributed by atoms with van der Waals surface area (Å²) >= 11 is 5.78. The van der Waals surface area contributed by atoms with Gasteiger partial charge in [0.2, 0.25) is 0 Å². The molecular weight excluding hydrogens is 202 g/mol. The van der Waals surface area contributed by atoms with Crippen molar-refractivity contribution in [1.29, 1.82) is 0 Å². The Morgan fingerprint density at radius 2 is 2.36 bits per heavy atom. The Labute approximate surface area is 85.5 Å². The fraction of sp³-hybridized carbons (Fsp3) is 0.222. The normalized spacial score (nSPS) is 10.7. The van der Waals surface area contributed by atoms with Crippen molar-refractivity contribution in [3.63, 3.8) is 0 Å². The van der Waals surface area contributed by atoms with Crippen LogP contribution in [-0.2, 0) is 11.2 Å². The van der Waals surface area contributed by atoms with E-state index >= 15 is 0 Å². The van der Waals surface area contributed by atoms with Gasteiger partial charge in [-0.25, -0.2) is 9.50 Å². The summed E-state index contributed by atoms with van der Waals surface area (Å²) in [4.78, 5) is 15.0. The Morgan fingerprint density at radius 1 is 1.57 bits per heavy atom. The second kappa shape index (κ2) is 3.38. The lowest BCUT2D eigenvalue weighted by atomic mass is 10.3.